The fourth-order valence-electron chi connectivity index (χ4n) is 3.43. The molecule has 2 N–H and O–H groups in total. The molecule has 1 saturated heterocycles. The van der Waals surface area contributed by atoms with Crippen molar-refractivity contribution in [3.63, 3.8) is 0 Å². The Hall–Kier alpha value is -3.68. The zero-order valence-electron chi connectivity index (χ0n) is 17.7. The Balaban J connectivity index is 1.51. The number of hydrogen-bond acceptors (Lipinski definition) is 5. The number of nitrogens with zero attached hydrogens (tertiary/aromatic N) is 1. The van der Waals surface area contributed by atoms with E-state index in [9.17, 15) is 19.2 Å². The van der Waals surface area contributed by atoms with Crippen molar-refractivity contribution in [2.24, 2.45) is 5.92 Å². The van der Waals surface area contributed by atoms with E-state index in [1.165, 1.54) is 0 Å². The predicted octanol–water partition coefficient (Wildman–Crippen LogP) is 2.29. The molecule has 8 nitrogen and oxygen atoms in total. The molecule has 0 saturated carbocycles. The van der Waals surface area contributed by atoms with Crippen LogP contribution in [0.25, 0.3) is 0 Å². The third-order valence-corrected chi connectivity index (χ3v) is 5.18. The molecule has 2 aromatic rings. The van der Waals surface area contributed by atoms with Crippen molar-refractivity contribution in [2.75, 3.05) is 18.5 Å². The number of rotatable bonds is 6. The number of nitrogens with one attached hydrogen (secondary N) is 2. The Morgan fingerprint density at radius 1 is 1.00 bits per heavy atom. The average Bonchev–Trinajstić information content (AvgIpc) is 3.09. The molecule has 31 heavy (non-hydrogen) atoms. The van der Waals surface area contributed by atoms with E-state index in [1.54, 1.807) is 25.1 Å². The number of anilines is 1. The van der Waals surface area contributed by atoms with Gasteiger partial charge in [-0.3, -0.25) is 29.6 Å². The van der Waals surface area contributed by atoms with Crippen LogP contribution in [0.1, 0.15) is 33.5 Å². The highest BCUT2D eigenvalue weighted by molar-refractivity contribution is 5.98. The highest BCUT2D eigenvalue weighted by Gasteiger charge is 2.36. The van der Waals surface area contributed by atoms with Crippen molar-refractivity contribution < 1.29 is 23.9 Å². The number of ether oxygens (including phenoxy) is 1. The van der Waals surface area contributed by atoms with Gasteiger partial charge in [0.05, 0.1) is 12.5 Å². The first-order chi connectivity index (χ1) is 14.8. The van der Waals surface area contributed by atoms with Gasteiger partial charge in [-0.25, -0.2) is 0 Å². The maximum absolute atomic E-state index is 12.4. The first-order valence-electron chi connectivity index (χ1n) is 9.96. The van der Waals surface area contributed by atoms with Crippen LogP contribution in [-0.2, 0) is 19.1 Å². The summed E-state index contributed by atoms with van der Waals surface area (Å²) in [6.07, 6.45) is -0.0919. The Morgan fingerprint density at radius 3 is 2.32 bits per heavy atom. The molecule has 3 rings (SSSR count). The normalized spacial score (nSPS) is 15.5. The lowest BCUT2D eigenvalue weighted by molar-refractivity contribution is -0.151. The SMILES string of the molecule is Cc1ccccc1C(=O)NN1C[C@H](C(=O)OCC(=O)Nc2c(C)cccc2C)CC1=O. The quantitative estimate of drug-likeness (QED) is 0.694. The molecular weight excluding hydrogens is 398 g/mol. The predicted molar refractivity (Wildman–Crippen MR) is 114 cm³/mol. The highest BCUT2D eigenvalue weighted by atomic mass is 16.5. The van der Waals surface area contributed by atoms with Crippen LogP contribution in [0.4, 0.5) is 5.69 Å². The van der Waals surface area contributed by atoms with Crippen LogP contribution in [-0.4, -0.2) is 41.9 Å². The van der Waals surface area contributed by atoms with Gasteiger partial charge in [-0.05, 0) is 43.5 Å². The molecule has 3 amide bonds. The first kappa shape index (κ1) is 22.0. The van der Waals surface area contributed by atoms with Gasteiger partial charge in [0.1, 0.15) is 0 Å². The van der Waals surface area contributed by atoms with Crippen molar-refractivity contribution >= 4 is 29.4 Å². The minimum Gasteiger partial charge on any atom is -0.455 e. The lowest BCUT2D eigenvalue weighted by Crippen LogP contribution is -2.43. The second-order valence-electron chi connectivity index (χ2n) is 7.58. The lowest BCUT2D eigenvalue weighted by Gasteiger charge is -2.18. The average molecular weight is 423 g/mol. The number of carbonyl (C=O) groups excluding carboxylic acids is 4. The van der Waals surface area contributed by atoms with Crippen LogP contribution in [0.5, 0.6) is 0 Å². The van der Waals surface area contributed by atoms with Crippen molar-refractivity contribution in [1.29, 1.82) is 0 Å². The molecule has 1 fully saturated rings. The van der Waals surface area contributed by atoms with E-state index in [4.69, 9.17) is 4.74 Å². The summed E-state index contributed by atoms with van der Waals surface area (Å²) in [5.41, 5.74) is 6.25. The summed E-state index contributed by atoms with van der Waals surface area (Å²) in [5, 5.41) is 3.86. The van der Waals surface area contributed by atoms with Gasteiger partial charge in [-0.1, -0.05) is 36.4 Å². The smallest absolute Gasteiger partial charge is 0.311 e. The van der Waals surface area contributed by atoms with Crippen LogP contribution < -0.4 is 10.7 Å². The van der Waals surface area contributed by atoms with Crippen LogP contribution in [0.3, 0.4) is 0 Å². The van der Waals surface area contributed by atoms with Gasteiger partial charge in [0.15, 0.2) is 6.61 Å². The summed E-state index contributed by atoms with van der Waals surface area (Å²) in [6, 6.07) is 12.6. The summed E-state index contributed by atoms with van der Waals surface area (Å²) in [7, 11) is 0. The number of aryl methyl sites for hydroxylation is 3. The Labute approximate surface area is 180 Å². The molecule has 0 aromatic heterocycles. The third-order valence-electron chi connectivity index (χ3n) is 5.18. The molecule has 2 aromatic carbocycles. The Kier molecular flexibility index (Phi) is 6.69. The molecule has 0 spiro atoms. The van der Waals surface area contributed by atoms with Crippen molar-refractivity contribution in [1.82, 2.24) is 10.4 Å². The molecule has 0 unspecified atom stereocenters. The van der Waals surface area contributed by atoms with Crippen molar-refractivity contribution in [2.45, 2.75) is 27.2 Å². The van der Waals surface area contributed by atoms with E-state index >= 15 is 0 Å². The monoisotopic (exact) mass is 423 g/mol. The lowest BCUT2D eigenvalue weighted by atomic mass is 10.1. The topological polar surface area (TPSA) is 105 Å². The second-order valence-corrected chi connectivity index (χ2v) is 7.58. The van der Waals surface area contributed by atoms with Gasteiger partial charge < -0.3 is 10.1 Å². The number of esters is 1. The van der Waals surface area contributed by atoms with Gasteiger partial charge in [-0.2, -0.15) is 0 Å². The minimum atomic E-state index is -0.752. The van der Waals surface area contributed by atoms with Crippen molar-refractivity contribution in [3.05, 3.63) is 64.7 Å². The van der Waals surface area contributed by atoms with Gasteiger partial charge >= 0.3 is 5.97 Å². The van der Waals surface area contributed by atoms with E-state index in [-0.39, 0.29) is 18.9 Å². The maximum atomic E-state index is 12.4. The zero-order valence-corrected chi connectivity index (χ0v) is 17.7. The number of amides is 3. The fourth-order valence-corrected chi connectivity index (χ4v) is 3.43. The van der Waals surface area contributed by atoms with Crippen LogP contribution in [0.15, 0.2) is 42.5 Å². The van der Waals surface area contributed by atoms with E-state index in [0.29, 0.717) is 11.3 Å². The molecule has 1 aliphatic rings. The molecule has 1 heterocycles. The van der Waals surface area contributed by atoms with E-state index in [2.05, 4.69) is 10.7 Å². The summed E-state index contributed by atoms with van der Waals surface area (Å²) < 4.78 is 5.10. The van der Waals surface area contributed by atoms with Gasteiger partial charge in [-0.15, -0.1) is 0 Å². The largest absolute Gasteiger partial charge is 0.455 e. The molecule has 1 atom stereocenters. The summed E-state index contributed by atoms with van der Waals surface area (Å²) in [4.78, 5) is 49.2. The molecule has 0 bridgehead atoms. The molecule has 8 heteroatoms. The number of para-hydroxylation sites is 1. The highest BCUT2D eigenvalue weighted by Crippen LogP contribution is 2.20. The Bertz CT molecular complexity index is 1010. The second kappa shape index (κ2) is 9.42. The van der Waals surface area contributed by atoms with Gasteiger partial charge in [0.25, 0.3) is 11.8 Å². The third kappa shape index (κ3) is 5.28. The van der Waals surface area contributed by atoms with Gasteiger partial charge in [0, 0.05) is 17.7 Å². The molecule has 162 valence electrons. The summed E-state index contributed by atoms with van der Waals surface area (Å²) >= 11 is 0. The number of benzene rings is 2. The zero-order chi connectivity index (χ0) is 22.5. The molecular formula is C23H25N3O5. The van der Waals surface area contributed by atoms with Crippen LogP contribution in [0, 0.1) is 26.7 Å². The number of hydrogen-bond donors (Lipinski definition) is 2. The fraction of sp³-hybridized carbons (Fsp3) is 0.304. The van der Waals surface area contributed by atoms with E-state index in [1.807, 2.05) is 38.1 Å². The number of carbonyl (C=O) groups is 4. The van der Waals surface area contributed by atoms with Crippen molar-refractivity contribution in [3.8, 4) is 0 Å². The molecule has 1 aliphatic heterocycles. The molecule has 0 aliphatic carbocycles. The summed E-state index contributed by atoms with van der Waals surface area (Å²) in [6.45, 7) is 5.09. The first-order valence-corrected chi connectivity index (χ1v) is 9.96. The Morgan fingerprint density at radius 2 is 1.65 bits per heavy atom. The van der Waals surface area contributed by atoms with E-state index < -0.39 is 30.3 Å². The van der Waals surface area contributed by atoms with Crippen LogP contribution in [0.2, 0.25) is 0 Å². The van der Waals surface area contributed by atoms with Crippen LogP contribution >= 0.6 is 0 Å². The molecule has 0 radical (unpaired) electrons. The maximum Gasteiger partial charge on any atom is 0.311 e. The number of hydrazine groups is 1. The van der Waals surface area contributed by atoms with Gasteiger partial charge in [0.2, 0.25) is 5.91 Å². The summed E-state index contributed by atoms with van der Waals surface area (Å²) in [5.74, 6) is -2.67. The minimum absolute atomic E-state index is 0.00614. The van der Waals surface area contributed by atoms with E-state index in [0.717, 1.165) is 21.7 Å². The standard InChI is InChI=1S/C23H25N3O5/c1-14-7-4-5-10-18(14)22(29)25-26-12-17(11-20(26)28)23(30)31-13-19(27)24-21-15(2)8-6-9-16(21)3/h4-10,17H,11-13H2,1-3H3,(H,24,27)(H,25,29)/t17-/m1/s1.